The van der Waals surface area contributed by atoms with Crippen LogP contribution in [-0.2, 0) is 23.4 Å². The molecule has 0 radical (unpaired) electrons. The molecule has 0 saturated heterocycles. The van der Waals surface area contributed by atoms with Gasteiger partial charge < -0.3 is 9.05 Å². The standard InChI is InChI=1S/C4H6O5P2/c5-2(4(7)9-11)1-3(6)8-10/h1,10-11H2. The molecule has 0 bridgehead atoms. The summed E-state index contributed by atoms with van der Waals surface area (Å²) in [4.78, 5) is 31.3. The zero-order chi connectivity index (χ0) is 8.85. The van der Waals surface area contributed by atoms with Crippen molar-refractivity contribution in [1.82, 2.24) is 0 Å². The third-order valence-corrected chi connectivity index (χ3v) is 1.25. The number of rotatable bonds is 3. The van der Waals surface area contributed by atoms with E-state index in [-0.39, 0.29) is 0 Å². The van der Waals surface area contributed by atoms with E-state index >= 15 is 0 Å². The van der Waals surface area contributed by atoms with Crippen LogP contribution >= 0.6 is 18.9 Å². The molecule has 0 amide bonds. The minimum absolute atomic E-state index is 0.600. The lowest BCUT2D eigenvalue weighted by atomic mass is 10.3. The monoisotopic (exact) mass is 196 g/mol. The highest BCUT2D eigenvalue weighted by Crippen LogP contribution is 1.97. The summed E-state index contributed by atoms with van der Waals surface area (Å²) in [7, 11) is 3.28. The summed E-state index contributed by atoms with van der Waals surface area (Å²) < 4.78 is 8.03. The van der Waals surface area contributed by atoms with Gasteiger partial charge in [0.05, 0.1) is 18.9 Å². The number of carbonyl (C=O) groups is 3. The fourth-order valence-electron chi connectivity index (χ4n) is 0.311. The van der Waals surface area contributed by atoms with Crippen molar-refractivity contribution in [3.63, 3.8) is 0 Å². The van der Waals surface area contributed by atoms with Crippen LogP contribution in [0.2, 0.25) is 0 Å². The van der Waals surface area contributed by atoms with E-state index < -0.39 is 24.1 Å². The molecule has 0 fully saturated rings. The Morgan fingerprint density at radius 1 is 1.09 bits per heavy atom. The van der Waals surface area contributed by atoms with Crippen LogP contribution in [0.1, 0.15) is 6.42 Å². The molecule has 0 aliphatic rings. The maximum Gasteiger partial charge on any atom is 0.377 e. The Kier molecular flexibility index (Phi) is 4.92. The van der Waals surface area contributed by atoms with Crippen molar-refractivity contribution in [2.45, 2.75) is 6.42 Å². The molecular formula is C4H6O5P2. The molecule has 0 aromatic rings. The van der Waals surface area contributed by atoms with Gasteiger partial charge in [0.1, 0.15) is 6.42 Å². The van der Waals surface area contributed by atoms with E-state index in [1.807, 2.05) is 0 Å². The normalized spacial score (nSPS) is 8.55. The summed E-state index contributed by atoms with van der Waals surface area (Å²) in [5.41, 5.74) is 0. The molecule has 0 aliphatic heterocycles. The van der Waals surface area contributed by atoms with Crippen LogP contribution in [-0.4, -0.2) is 17.7 Å². The molecule has 0 spiro atoms. The Balaban J connectivity index is 3.88. The minimum atomic E-state index is -1.08. The molecule has 2 unspecified atom stereocenters. The maximum atomic E-state index is 10.5. The average Bonchev–Trinajstić information content (AvgIpc) is 2.02. The van der Waals surface area contributed by atoms with Gasteiger partial charge in [-0.3, -0.25) is 9.59 Å². The third-order valence-electron chi connectivity index (χ3n) is 0.771. The minimum Gasteiger partial charge on any atom is -0.451 e. The highest BCUT2D eigenvalue weighted by atomic mass is 31.0. The Labute approximate surface area is 67.4 Å². The molecule has 5 nitrogen and oxygen atoms in total. The van der Waals surface area contributed by atoms with Crippen LogP contribution in [0.5, 0.6) is 0 Å². The quantitative estimate of drug-likeness (QED) is 0.349. The van der Waals surface area contributed by atoms with E-state index in [4.69, 9.17) is 0 Å². The molecule has 11 heavy (non-hydrogen) atoms. The van der Waals surface area contributed by atoms with E-state index in [1.165, 1.54) is 0 Å². The van der Waals surface area contributed by atoms with Gasteiger partial charge in [0, 0.05) is 0 Å². The summed E-state index contributed by atoms with van der Waals surface area (Å²) in [5.74, 6) is -2.81. The molecule has 0 aliphatic carbocycles. The number of Topliss-reactive ketones (excluding diaryl/α,β-unsaturated/α-hetero) is 1. The second-order valence-corrected chi connectivity index (χ2v) is 1.97. The Morgan fingerprint density at radius 2 is 1.64 bits per heavy atom. The van der Waals surface area contributed by atoms with E-state index in [2.05, 4.69) is 9.05 Å². The lowest BCUT2D eigenvalue weighted by Gasteiger charge is -1.95. The van der Waals surface area contributed by atoms with Crippen LogP contribution in [0.3, 0.4) is 0 Å². The van der Waals surface area contributed by atoms with Crippen LogP contribution in [0.25, 0.3) is 0 Å². The summed E-state index contributed by atoms with van der Waals surface area (Å²) in [6.07, 6.45) is -0.600. The molecule has 0 aromatic carbocycles. The van der Waals surface area contributed by atoms with Gasteiger partial charge in [-0.15, -0.1) is 0 Å². The molecule has 7 heteroatoms. The first-order valence-electron chi connectivity index (χ1n) is 2.45. The van der Waals surface area contributed by atoms with Gasteiger partial charge in [0.25, 0.3) is 5.78 Å². The van der Waals surface area contributed by atoms with Crippen molar-refractivity contribution >= 4 is 36.7 Å². The predicted molar refractivity (Wildman–Crippen MR) is 41.2 cm³/mol. The summed E-state index contributed by atoms with van der Waals surface area (Å²) in [6.45, 7) is 0. The third kappa shape index (κ3) is 4.02. The van der Waals surface area contributed by atoms with Crippen molar-refractivity contribution in [1.29, 1.82) is 0 Å². The highest BCUT2D eigenvalue weighted by Gasteiger charge is 2.18. The molecular weight excluding hydrogens is 190 g/mol. The summed E-state index contributed by atoms with van der Waals surface area (Å²) >= 11 is 0. The van der Waals surface area contributed by atoms with E-state index in [9.17, 15) is 14.4 Å². The van der Waals surface area contributed by atoms with E-state index in [0.29, 0.717) is 0 Å². The highest BCUT2D eigenvalue weighted by molar-refractivity contribution is 7.11. The molecule has 0 rings (SSSR count). The van der Waals surface area contributed by atoms with Crippen molar-refractivity contribution in [2.75, 3.05) is 0 Å². The fraction of sp³-hybridized carbons (Fsp3) is 0.250. The Hall–Kier alpha value is -0.530. The van der Waals surface area contributed by atoms with E-state index in [1.54, 1.807) is 18.9 Å². The first kappa shape index (κ1) is 10.5. The van der Waals surface area contributed by atoms with Gasteiger partial charge in [0.15, 0.2) is 0 Å². The molecule has 0 aromatic heterocycles. The smallest absolute Gasteiger partial charge is 0.377 e. The van der Waals surface area contributed by atoms with Gasteiger partial charge in [0.2, 0.25) is 0 Å². The molecule has 0 N–H and O–H groups in total. The fourth-order valence-corrected chi connectivity index (χ4v) is 0.525. The van der Waals surface area contributed by atoms with Crippen molar-refractivity contribution in [3.05, 3.63) is 0 Å². The van der Waals surface area contributed by atoms with Crippen LogP contribution in [0.4, 0.5) is 0 Å². The molecule has 62 valence electrons. The van der Waals surface area contributed by atoms with Gasteiger partial charge in [-0.25, -0.2) is 4.79 Å². The van der Waals surface area contributed by atoms with Crippen LogP contribution < -0.4 is 0 Å². The zero-order valence-electron chi connectivity index (χ0n) is 5.40. The van der Waals surface area contributed by atoms with E-state index in [0.717, 1.165) is 0 Å². The lowest BCUT2D eigenvalue weighted by molar-refractivity contribution is -0.149. The largest absolute Gasteiger partial charge is 0.451 e. The Morgan fingerprint density at radius 3 is 2.00 bits per heavy atom. The number of hydrogen-bond acceptors (Lipinski definition) is 5. The summed E-state index contributed by atoms with van der Waals surface area (Å²) in [5, 5.41) is 0. The first-order chi connectivity index (χ1) is 5.11. The van der Waals surface area contributed by atoms with Crippen molar-refractivity contribution in [2.24, 2.45) is 0 Å². The van der Waals surface area contributed by atoms with Gasteiger partial charge >= 0.3 is 11.9 Å². The lowest BCUT2D eigenvalue weighted by Crippen LogP contribution is -2.17. The second-order valence-electron chi connectivity index (χ2n) is 1.50. The average molecular weight is 196 g/mol. The van der Waals surface area contributed by atoms with Gasteiger partial charge in [-0.1, -0.05) is 0 Å². The van der Waals surface area contributed by atoms with Crippen molar-refractivity contribution in [3.8, 4) is 0 Å². The van der Waals surface area contributed by atoms with Gasteiger partial charge in [-0.05, 0) is 0 Å². The maximum absolute atomic E-state index is 10.5. The molecule has 0 saturated carbocycles. The first-order valence-corrected chi connectivity index (χ1v) is 3.39. The Bertz CT molecular complexity index is 189. The summed E-state index contributed by atoms with van der Waals surface area (Å²) in [6, 6.07) is 0. The predicted octanol–water partition coefficient (Wildman–Crippen LogP) is -0.388. The van der Waals surface area contributed by atoms with Gasteiger partial charge in [-0.2, -0.15) is 0 Å². The van der Waals surface area contributed by atoms with Crippen LogP contribution in [0.15, 0.2) is 0 Å². The van der Waals surface area contributed by atoms with Crippen molar-refractivity contribution < 1.29 is 23.4 Å². The molecule has 0 heterocycles. The van der Waals surface area contributed by atoms with Crippen LogP contribution in [0, 0.1) is 0 Å². The number of hydrogen-bond donors (Lipinski definition) is 0. The second kappa shape index (κ2) is 5.16. The zero-order valence-corrected chi connectivity index (χ0v) is 7.71. The number of ketones is 1. The SMILES string of the molecule is O=C(CC(=O)C(=O)OP)OP. The topological polar surface area (TPSA) is 69.7 Å². The molecule has 2 atom stereocenters. The number of carbonyl (C=O) groups excluding carboxylic acids is 3.